The van der Waals surface area contributed by atoms with E-state index < -0.39 is 42.6 Å². The van der Waals surface area contributed by atoms with Crippen molar-refractivity contribution in [1.82, 2.24) is 4.31 Å². The molecule has 0 amide bonds. The third kappa shape index (κ3) is 4.70. The highest BCUT2D eigenvalue weighted by molar-refractivity contribution is 7.91. The van der Waals surface area contributed by atoms with Crippen LogP contribution in [0.4, 0.5) is 13.2 Å². The second kappa shape index (κ2) is 6.64. The van der Waals surface area contributed by atoms with Crippen LogP contribution in [0.1, 0.15) is 24.0 Å². The van der Waals surface area contributed by atoms with Crippen molar-refractivity contribution in [2.24, 2.45) is 0 Å². The summed E-state index contributed by atoms with van der Waals surface area (Å²) < 4.78 is 86.4. The van der Waals surface area contributed by atoms with Gasteiger partial charge in [0.05, 0.1) is 16.6 Å². The number of hydrogen-bond acceptors (Lipinski definition) is 4. The van der Waals surface area contributed by atoms with Crippen LogP contribution in [-0.4, -0.2) is 45.7 Å². The number of sulfone groups is 1. The molecular formula is C14H18F3NO4S2. The minimum absolute atomic E-state index is 0.0979. The van der Waals surface area contributed by atoms with Crippen molar-refractivity contribution < 1.29 is 30.0 Å². The minimum atomic E-state index is -4.47. The zero-order chi connectivity index (χ0) is 18.2. The van der Waals surface area contributed by atoms with Crippen LogP contribution in [0, 0.1) is 0 Å². The maximum Gasteiger partial charge on any atom is 0.416 e. The average molecular weight is 385 g/mol. The second-order valence-electron chi connectivity index (χ2n) is 5.88. The Balaban J connectivity index is 2.04. The molecule has 0 bridgehead atoms. The van der Waals surface area contributed by atoms with Gasteiger partial charge in [0.1, 0.15) is 9.84 Å². The summed E-state index contributed by atoms with van der Waals surface area (Å²) >= 11 is 0. The van der Waals surface area contributed by atoms with Gasteiger partial charge in [-0.25, -0.2) is 21.1 Å². The first kappa shape index (κ1) is 19.2. The lowest BCUT2D eigenvalue weighted by Crippen LogP contribution is -2.42. The molecule has 0 N–H and O–H groups in total. The maximum atomic E-state index is 12.5. The molecule has 1 aromatic carbocycles. The first-order valence-electron chi connectivity index (χ1n) is 7.22. The van der Waals surface area contributed by atoms with E-state index in [1.807, 2.05) is 0 Å². The number of rotatable bonds is 4. The molecule has 1 saturated heterocycles. The first-order valence-corrected chi connectivity index (χ1v) is 10.8. The van der Waals surface area contributed by atoms with Gasteiger partial charge in [-0.3, -0.25) is 0 Å². The third-order valence-corrected chi connectivity index (χ3v) is 7.56. The van der Waals surface area contributed by atoms with Gasteiger partial charge < -0.3 is 0 Å². The fraction of sp³-hybridized carbons (Fsp3) is 0.571. The van der Waals surface area contributed by atoms with Gasteiger partial charge >= 0.3 is 6.18 Å². The summed E-state index contributed by atoms with van der Waals surface area (Å²) in [6.07, 6.45) is -2.88. The molecule has 1 aromatic rings. The van der Waals surface area contributed by atoms with Crippen molar-refractivity contribution in [2.75, 3.05) is 19.3 Å². The van der Waals surface area contributed by atoms with Crippen LogP contribution in [0.2, 0.25) is 0 Å². The Morgan fingerprint density at radius 3 is 1.96 bits per heavy atom. The van der Waals surface area contributed by atoms with Gasteiger partial charge in [0.25, 0.3) is 0 Å². The molecule has 1 aliphatic heterocycles. The molecule has 0 spiro atoms. The van der Waals surface area contributed by atoms with Crippen LogP contribution in [0.3, 0.4) is 0 Å². The Hall–Kier alpha value is -1.13. The molecule has 5 nitrogen and oxygen atoms in total. The molecule has 2 rings (SSSR count). The highest BCUT2D eigenvalue weighted by atomic mass is 32.2. The largest absolute Gasteiger partial charge is 0.416 e. The summed E-state index contributed by atoms with van der Waals surface area (Å²) in [7, 11) is -6.90. The minimum Gasteiger partial charge on any atom is -0.229 e. The Labute approximate surface area is 139 Å². The van der Waals surface area contributed by atoms with Crippen LogP contribution in [0.5, 0.6) is 0 Å². The van der Waals surface area contributed by atoms with Crippen molar-refractivity contribution >= 4 is 19.9 Å². The van der Waals surface area contributed by atoms with E-state index in [2.05, 4.69) is 0 Å². The summed E-state index contributed by atoms with van der Waals surface area (Å²) in [5.41, 5.74) is -0.578. The van der Waals surface area contributed by atoms with Gasteiger partial charge in [0, 0.05) is 19.3 Å². The average Bonchev–Trinajstić information content (AvgIpc) is 2.46. The van der Waals surface area contributed by atoms with E-state index in [1.54, 1.807) is 0 Å². The maximum absolute atomic E-state index is 12.5. The van der Waals surface area contributed by atoms with E-state index in [4.69, 9.17) is 0 Å². The van der Waals surface area contributed by atoms with E-state index in [-0.39, 0.29) is 31.5 Å². The van der Waals surface area contributed by atoms with E-state index >= 15 is 0 Å². The van der Waals surface area contributed by atoms with E-state index in [1.165, 1.54) is 4.31 Å². The lowest BCUT2D eigenvalue weighted by Gasteiger charge is -2.30. The molecule has 0 atom stereocenters. The number of nitrogens with zero attached hydrogens (tertiary/aromatic N) is 1. The van der Waals surface area contributed by atoms with Crippen LogP contribution in [0.15, 0.2) is 24.3 Å². The van der Waals surface area contributed by atoms with Gasteiger partial charge in [-0.2, -0.15) is 13.2 Å². The van der Waals surface area contributed by atoms with Gasteiger partial charge in [-0.05, 0) is 30.5 Å². The van der Waals surface area contributed by atoms with Gasteiger partial charge in [-0.1, -0.05) is 12.1 Å². The van der Waals surface area contributed by atoms with Crippen molar-refractivity contribution in [1.29, 1.82) is 0 Å². The predicted molar refractivity (Wildman–Crippen MR) is 83.5 cm³/mol. The molecular weight excluding hydrogens is 367 g/mol. The Bertz CT molecular complexity index is 778. The van der Waals surface area contributed by atoms with Gasteiger partial charge in [0.2, 0.25) is 10.0 Å². The molecule has 0 unspecified atom stereocenters. The van der Waals surface area contributed by atoms with Crippen molar-refractivity contribution in [3.05, 3.63) is 35.4 Å². The van der Waals surface area contributed by atoms with Crippen LogP contribution < -0.4 is 0 Å². The van der Waals surface area contributed by atoms with Crippen molar-refractivity contribution in [3.8, 4) is 0 Å². The topological polar surface area (TPSA) is 71.5 Å². The molecule has 136 valence electrons. The smallest absolute Gasteiger partial charge is 0.229 e. The molecule has 0 radical (unpaired) electrons. The molecule has 1 fully saturated rings. The van der Waals surface area contributed by atoms with Crippen molar-refractivity contribution in [3.63, 3.8) is 0 Å². The zero-order valence-corrected chi connectivity index (χ0v) is 14.6. The number of sulfonamides is 1. The Kier molecular flexibility index (Phi) is 5.31. The number of halogens is 3. The number of benzene rings is 1. The lowest BCUT2D eigenvalue weighted by atomic mass is 10.1. The SMILES string of the molecule is CS(=O)(=O)C1CCN(S(=O)(=O)Cc2ccc(C(F)(F)F)cc2)CC1. The quantitative estimate of drug-likeness (QED) is 0.795. The van der Waals surface area contributed by atoms with E-state index in [0.29, 0.717) is 0 Å². The molecule has 1 heterocycles. The Morgan fingerprint density at radius 1 is 1.04 bits per heavy atom. The highest BCUT2D eigenvalue weighted by Crippen LogP contribution is 2.29. The Morgan fingerprint density at radius 2 is 1.54 bits per heavy atom. The molecule has 0 saturated carbocycles. The summed E-state index contributed by atoms with van der Waals surface area (Å²) in [5.74, 6) is -0.408. The van der Waals surface area contributed by atoms with Crippen LogP contribution in [0.25, 0.3) is 0 Å². The van der Waals surface area contributed by atoms with Crippen LogP contribution in [-0.2, 0) is 31.8 Å². The second-order valence-corrected chi connectivity index (χ2v) is 10.2. The monoisotopic (exact) mass is 385 g/mol. The number of alkyl halides is 3. The summed E-state index contributed by atoms with van der Waals surface area (Å²) in [5, 5.41) is -0.546. The zero-order valence-electron chi connectivity index (χ0n) is 13.0. The van der Waals surface area contributed by atoms with E-state index in [0.717, 1.165) is 30.5 Å². The lowest BCUT2D eigenvalue weighted by molar-refractivity contribution is -0.137. The normalized spacial score (nSPS) is 18.7. The van der Waals surface area contributed by atoms with Crippen LogP contribution >= 0.6 is 0 Å². The summed E-state index contributed by atoms with van der Waals surface area (Å²) in [6.45, 7) is 0.196. The number of piperidine rings is 1. The fourth-order valence-corrected chi connectivity index (χ4v) is 5.26. The highest BCUT2D eigenvalue weighted by Gasteiger charge is 2.33. The van der Waals surface area contributed by atoms with Gasteiger partial charge in [0.15, 0.2) is 0 Å². The summed E-state index contributed by atoms with van der Waals surface area (Å²) in [4.78, 5) is 0. The van der Waals surface area contributed by atoms with Crippen molar-refractivity contribution in [2.45, 2.75) is 30.0 Å². The first-order chi connectivity index (χ1) is 10.9. The molecule has 1 aliphatic rings. The molecule has 0 aromatic heterocycles. The predicted octanol–water partition coefficient (Wildman–Crippen LogP) is 2.04. The van der Waals surface area contributed by atoms with Gasteiger partial charge in [-0.15, -0.1) is 0 Å². The molecule has 0 aliphatic carbocycles. The number of hydrogen-bond donors (Lipinski definition) is 0. The van der Waals surface area contributed by atoms with E-state index in [9.17, 15) is 30.0 Å². The third-order valence-electron chi connectivity index (χ3n) is 4.03. The standard InChI is InChI=1S/C14H18F3NO4S2/c1-23(19,20)13-6-8-18(9-7-13)24(21,22)10-11-2-4-12(5-3-11)14(15,16)17/h2-5,13H,6-10H2,1H3. The molecule has 10 heteroatoms. The molecule has 24 heavy (non-hydrogen) atoms. The fourth-order valence-electron chi connectivity index (χ4n) is 2.63. The summed E-state index contributed by atoms with van der Waals surface area (Å²) in [6, 6.07) is 3.98.